The second-order valence-corrected chi connectivity index (χ2v) is 8.30. The van der Waals surface area contributed by atoms with Gasteiger partial charge in [0.05, 0.1) is 5.69 Å². The number of hydrogen-bond acceptors (Lipinski definition) is 6. The van der Waals surface area contributed by atoms with Gasteiger partial charge in [-0.05, 0) is 63.8 Å². The summed E-state index contributed by atoms with van der Waals surface area (Å²) in [6, 6.07) is 3.95. The lowest BCUT2D eigenvalue weighted by molar-refractivity contribution is 0.429. The fourth-order valence-corrected chi connectivity index (χ4v) is 4.01. The Labute approximate surface area is 169 Å². The van der Waals surface area contributed by atoms with Crippen LogP contribution in [-0.2, 0) is 12.8 Å². The Balaban J connectivity index is 1.77. The molecule has 0 spiro atoms. The molecule has 0 fully saturated rings. The van der Waals surface area contributed by atoms with Crippen LogP contribution in [0.5, 0.6) is 0 Å². The van der Waals surface area contributed by atoms with Crippen molar-refractivity contribution in [2.45, 2.75) is 55.8 Å². The van der Waals surface area contributed by atoms with E-state index in [4.69, 9.17) is 5.73 Å². The number of fused-ring (bicyclic) bond motifs is 1. The van der Waals surface area contributed by atoms with E-state index in [1.807, 2.05) is 24.3 Å². The third-order valence-corrected chi connectivity index (χ3v) is 5.46. The van der Waals surface area contributed by atoms with Gasteiger partial charge in [-0.1, -0.05) is 6.08 Å². The topological polar surface area (TPSA) is 76.7 Å². The first kappa shape index (κ1) is 20.3. The summed E-state index contributed by atoms with van der Waals surface area (Å²) >= 11 is 1.71. The van der Waals surface area contributed by atoms with Crippen LogP contribution in [0.4, 0.5) is 16.2 Å². The Kier molecular flexibility index (Phi) is 7.03. The van der Waals surface area contributed by atoms with Crippen LogP contribution < -0.4 is 11.1 Å². The van der Waals surface area contributed by atoms with E-state index in [0.717, 1.165) is 41.8 Å². The van der Waals surface area contributed by atoms with E-state index in [1.165, 1.54) is 6.92 Å². The van der Waals surface area contributed by atoms with Crippen molar-refractivity contribution in [2.24, 2.45) is 0 Å². The Morgan fingerprint density at radius 2 is 1.96 bits per heavy atom. The molecule has 0 amide bonds. The minimum absolute atomic E-state index is 0.215. The number of halogens is 1. The monoisotopic (exact) mass is 399 g/mol. The summed E-state index contributed by atoms with van der Waals surface area (Å²) in [4.78, 5) is 13.9. The lowest BCUT2D eigenvalue weighted by atomic mass is 9.96. The van der Waals surface area contributed by atoms with Gasteiger partial charge in [0.2, 0.25) is 5.95 Å². The Morgan fingerprint density at radius 3 is 2.71 bits per heavy atom. The largest absolute Gasteiger partial charge is 0.368 e. The van der Waals surface area contributed by atoms with Crippen molar-refractivity contribution in [3.63, 3.8) is 0 Å². The van der Waals surface area contributed by atoms with Crippen molar-refractivity contribution >= 4 is 23.5 Å². The van der Waals surface area contributed by atoms with Gasteiger partial charge in [-0.3, -0.25) is 4.98 Å². The summed E-state index contributed by atoms with van der Waals surface area (Å²) in [6.07, 6.45) is 12.0. The molecule has 3 N–H and O–H groups in total. The molecule has 0 saturated carbocycles. The molecule has 3 rings (SSSR count). The predicted molar refractivity (Wildman–Crippen MR) is 114 cm³/mol. The van der Waals surface area contributed by atoms with Crippen LogP contribution in [0.3, 0.4) is 0 Å². The number of nitrogen functional groups attached to an aromatic ring is 1. The Hall–Kier alpha value is -2.41. The highest BCUT2D eigenvalue weighted by Gasteiger charge is 2.17. The van der Waals surface area contributed by atoms with Gasteiger partial charge in [-0.2, -0.15) is 4.98 Å². The van der Waals surface area contributed by atoms with Gasteiger partial charge >= 0.3 is 0 Å². The molecule has 1 aliphatic rings. The molecular weight excluding hydrogens is 373 g/mol. The zero-order chi connectivity index (χ0) is 19.9. The maximum atomic E-state index is 13.7. The number of allylic oxidation sites excluding steroid dienone is 2. The molecule has 2 atom stereocenters. The molecule has 0 aliphatic heterocycles. The first-order valence-electron chi connectivity index (χ1n) is 9.54. The average molecular weight is 400 g/mol. The third-order valence-electron chi connectivity index (χ3n) is 4.39. The van der Waals surface area contributed by atoms with Crippen molar-refractivity contribution < 1.29 is 4.39 Å². The van der Waals surface area contributed by atoms with Crippen molar-refractivity contribution in [1.29, 1.82) is 0 Å². The Morgan fingerprint density at radius 1 is 1.21 bits per heavy atom. The van der Waals surface area contributed by atoms with E-state index in [2.05, 4.69) is 27.2 Å². The molecule has 5 nitrogen and oxygen atoms in total. The van der Waals surface area contributed by atoms with E-state index in [0.29, 0.717) is 11.5 Å². The van der Waals surface area contributed by atoms with Crippen molar-refractivity contribution in [1.82, 2.24) is 15.0 Å². The van der Waals surface area contributed by atoms with Crippen LogP contribution in [0.25, 0.3) is 0 Å². The maximum Gasteiger partial charge on any atom is 0.222 e. The third kappa shape index (κ3) is 5.79. The van der Waals surface area contributed by atoms with Gasteiger partial charge in [0.15, 0.2) is 0 Å². The molecular formula is C21H26FN5S. The number of pyridine rings is 1. The van der Waals surface area contributed by atoms with Crippen LogP contribution in [0.1, 0.15) is 37.9 Å². The number of aryl methyl sites for hydroxylation is 1. The molecule has 28 heavy (non-hydrogen) atoms. The Bertz CT molecular complexity index is 851. The number of thioether (sulfide) groups is 1. The molecule has 1 aliphatic carbocycles. The SMILES string of the molecule is CC(F)/C=C(\C=C/C(C)Sc1ccncc1)Nc1nc(N)nc2c1CCCC2. The van der Waals surface area contributed by atoms with Crippen LogP contribution in [-0.4, -0.2) is 26.4 Å². The molecule has 2 unspecified atom stereocenters. The van der Waals surface area contributed by atoms with Gasteiger partial charge in [-0.25, -0.2) is 9.37 Å². The average Bonchev–Trinajstić information content (AvgIpc) is 2.66. The smallest absolute Gasteiger partial charge is 0.222 e. The summed E-state index contributed by atoms with van der Waals surface area (Å²) in [5.41, 5.74) is 8.64. The highest BCUT2D eigenvalue weighted by molar-refractivity contribution is 8.00. The van der Waals surface area contributed by atoms with E-state index < -0.39 is 6.17 Å². The summed E-state index contributed by atoms with van der Waals surface area (Å²) in [7, 11) is 0. The number of hydrogen-bond donors (Lipinski definition) is 2. The maximum absolute atomic E-state index is 13.7. The number of rotatable bonds is 7. The molecule has 2 aromatic rings. The van der Waals surface area contributed by atoms with Gasteiger partial charge in [0.25, 0.3) is 0 Å². The lowest BCUT2D eigenvalue weighted by Crippen LogP contribution is -2.14. The quantitative estimate of drug-likeness (QED) is 0.518. The first-order valence-corrected chi connectivity index (χ1v) is 10.4. The van der Waals surface area contributed by atoms with Gasteiger partial charge < -0.3 is 11.1 Å². The van der Waals surface area contributed by atoms with Crippen molar-refractivity contribution in [3.8, 4) is 0 Å². The zero-order valence-corrected chi connectivity index (χ0v) is 17.0. The highest BCUT2D eigenvalue weighted by atomic mass is 32.2. The second-order valence-electron chi connectivity index (χ2n) is 6.85. The minimum atomic E-state index is -1.08. The summed E-state index contributed by atoms with van der Waals surface area (Å²) in [5.74, 6) is 0.939. The number of nitrogens with zero attached hydrogens (tertiary/aromatic N) is 3. The van der Waals surface area contributed by atoms with Gasteiger partial charge in [0, 0.05) is 33.8 Å². The van der Waals surface area contributed by atoms with Crippen LogP contribution in [0, 0.1) is 0 Å². The van der Waals surface area contributed by atoms with Crippen molar-refractivity contribution in [3.05, 3.63) is 59.7 Å². The van der Waals surface area contributed by atoms with Gasteiger partial charge in [-0.15, -0.1) is 11.8 Å². The van der Waals surface area contributed by atoms with Crippen LogP contribution in [0.2, 0.25) is 0 Å². The van der Waals surface area contributed by atoms with E-state index >= 15 is 0 Å². The van der Waals surface area contributed by atoms with E-state index in [9.17, 15) is 4.39 Å². The molecule has 7 heteroatoms. The van der Waals surface area contributed by atoms with E-state index in [-0.39, 0.29) is 11.2 Å². The summed E-state index contributed by atoms with van der Waals surface area (Å²) < 4.78 is 13.7. The molecule has 148 valence electrons. The minimum Gasteiger partial charge on any atom is -0.368 e. The molecule has 0 radical (unpaired) electrons. The molecule has 0 saturated heterocycles. The first-order chi connectivity index (χ1) is 13.5. The predicted octanol–water partition coefficient (Wildman–Crippen LogP) is 4.72. The van der Waals surface area contributed by atoms with E-state index in [1.54, 1.807) is 30.2 Å². The number of anilines is 2. The highest BCUT2D eigenvalue weighted by Crippen LogP contribution is 2.28. The fourth-order valence-electron chi connectivity index (χ4n) is 3.15. The number of nitrogens with two attached hydrogens (primary N) is 1. The zero-order valence-electron chi connectivity index (χ0n) is 16.2. The molecule has 2 aromatic heterocycles. The number of nitrogens with one attached hydrogen (secondary N) is 1. The van der Waals surface area contributed by atoms with Crippen LogP contribution >= 0.6 is 11.8 Å². The molecule has 0 aromatic carbocycles. The summed E-state index contributed by atoms with van der Waals surface area (Å²) in [6.45, 7) is 3.61. The van der Waals surface area contributed by atoms with Crippen LogP contribution in [0.15, 0.2) is 53.3 Å². The van der Waals surface area contributed by atoms with Crippen molar-refractivity contribution in [2.75, 3.05) is 11.1 Å². The fraction of sp³-hybridized carbons (Fsp3) is 0.381. The summed E-state index contributed by atoms with van der Waals surface area (Å²) in [5, 5.41) is 3.50. The lowest BCUT2D eigenvalue weighted by Gasteiger charge is -2.19. The number of alkyl halides is 1. The molecule has 2 heterocycles. The molecule has 0 bridgehead atoms. The normalized spacial score (nSPS) is 16.6. The van der Waals surface area contributed by atoms with Gasteiger partial charge in [0.1, 0.15) is 12.0 Å². The standard InChI is InChI=1S/C21H26FN5S/c1-14(22)13-16(8-7-15(2)28-17-9-11-24-12-10-17)25-20-18-5-3-4-6-19(18)26-21(23)27-20/h7-15H,3-6H2,1-2H3,(H3,23,25,26,27)/b8-7-,16-13+. The number of aromatic nitrogens is 3. The second kappa shape index (κ2) is 9.68.